The lowest BCUT2D eigenvalue weighted by Gasteiger charge is -2.23. The molecule has 84 valence electrons. The zero-order chi connectivity index (χ0) is 11.1. The van der Waals surface area contributed by atoms with Gasteiger partial charge in [0.05, 0.1) is 11.1 Å². The van der Waals surface area contributed by atoms with Crippen molar-refractivity contribution in [1.82, 2.24) is 4.98 Å². The van der Waals surface area contributed by atoms with E-state index in [1.807, 2.05) is 12.1 Å². The monoisotopic (exact) mass is 336 g/mol. The van der Waals surface area contributed by atoms with Gasteiger partial charge in [-0.15, -0.1) is 0 Å². The summed E-state index contributed by atoms with van der Waals surface area (Å²) in [5.74, 6) is 0.967. The number of halogens is 2. The summed E-state index contributed by atoms with van der Waals surface area (Å²) in [5.41, 5.74) is 0. The molecule has 1 aromatic heterocycles. The van der Waals surface area contributed by atoms with Crippen molar-refractivity contribution in [3.8, 4) is 0 Å². The molecule has 1 rings (SSSR count). The van der Waals surface area contributed by atoms with Crippen molar-refractivity contribution in [2.45, 2.75) is 0 Å². The molecule has 0 radical (unpaired) electrons. The molecule has 1 heterocycles. The summed E-state index contributed by atoms with van der Waals surface area (Å²) in [6, 6.07) is 3.91. The smallest absolute Gasteiger partial charge is 0.142 e. The summed E-state index contributed by atoms with van der Waals surface area (Å²) < 4.78 is 6.10. The predicted molar refractivity (Wildman–Crippen MR) is 69.8 cm³/mol. The summed E-state index contributed by atoms with van der Waals surface area (Å²) in [7, 11) is 1.71. The average molecular weight is 338 g/mol. The van der Waals surface area contributed by atoms with Gasteiger partial charge in [0.15, 0.2) is 0 Å². The first-order valence-electron chi connectivity index (χ1n) is 4.70. The summed E-state index contributed by atoms with van der Waals surface area (Å²) in [5, 5.41) is 0.916. The van der Waals surface area contributed by atoms with Crippen LogP contribution in [0.25, 0.3) is 0 Å². The van der Waals surface area contributed by atoms with Crippen LogP contribution < -0.4 is 4.90 Å². The Kier molecular flexibility index (Phi) is 6.20. The molecule has 5 heteroatoms. The predicted octanol–water partition coefficient (Wildman–Crippen LogP) is 2.69. The van der Waals surface area contributed by atoms with Gasteiger partial charge in [-0.3, -0.25) is 0 Å². The molecule has 0 fully saturated rings. The molecular formula is C10H14Br2N2O. The number of nitrogens with zero attached hydrogens (tertiary/aromatic N) is 2. The number of hydrogen-bond donors (Lipinski definition) is 0. The molecule has 0 aliphatic rings. The van der Waals surface area contributed by atoms with Crippen molar-refractivity contribution < 1.29 is 4.74 Å². The van der Waals surface area contributed by atoms with E-state index in [1.165, 1.54) is 0 Å². The maximum Gasteiger partial charge on any atom is 0.142 e. The lowest BCUT2D eigenvalue weighted by Crippen LogP contribution is -2.30. The SMILES string of the molecule is COCCN(CCBr)c1ncccc1Br. The van der Waals surface area contributed by atoms with E-state index in [4.69, 9.17) is 4.74 Å². The zero-order valence-electron chi connectivity index (χ0n) is 8.62. The summed E-state index contributed by atoms with van der Waals surface area (Å²) >= 11 is 6.94. The van der Waals surface area contributed by atoms with Gasteiger partial charge in [-0.25, -0.2) is 4.98 Å². The minimum absolute atomic E-state index is 0.704. The van der Waals surface area contributed by atoms with Crippen LogP contribution in [0.2, 0.25) is 0 Å². The number of hydrogen-bond acceptors (Lipinski definition) is 3. The Labute approximate surface area is 107 Å². The fourth-order valence-electron chi connectivity index (χ4n) is 1.24. The van der Waals surface area contributed by atoms with Gasteiger partial charge in [0, 0.05) is 31.7 Å². The minimum atomic E-state index is 0.704. The average Bonchev–Trinajstić information content (AvgIpc) is 2.25. The zero-order valence-corrected chi connectivity index (χ0v) is 11.8. The lowest BCUT2D eigenvalue weighted by molar-refractivity contribution is 0.205. The van der Waals surface area contributed by atoms with Crippen molar-refractivity contribution >= 4 is 37.7 Å². The van der Waals surface area contributed by atoms with E-state index >= 15 is 0 Å². The first-order valence-corrected chi connectivity index (χ1v) is 6.61. The van der Waals surface area contributed by atoms with Gasteiger partial charge in [0.25, 0.3) is 0 Å². The second-order valence-corrected chi connectivity index (χ2v) is 4.62. The van der Waals surface area contributed by atoms with Crippen molar-refractivity contribution in [2.24, 2.45) is 0 Å². The van der Waals surface area contributed by atoms with Gasteiger partial charge in [-0.2, -0.15) is 0 Å². The second-order valence-electron chi connectivity index (χ2n) is 2.98. The molecule has 0 bridgehead atoms. The van der Waals surface area contributed by atoms with Crippen LogP contribution in [0.5, 0.6) is 0 Å². The standard InChI is InChI=1S/C10H14Br2N2O/c1-15-8-7-14(6-4-11)10-9(12)3-2-5-13-10/h2-3,5H,4,6-8H2,1H3. The van der Waals surface area contributed by atoms with Crippen LogP contribution in [-0.4, -0.2) is 37.1 Å². The number of rotatable bonds is 6. The molecule has 0 saturated carbocycles. The fraction of sp³-hybridized carbons (Fsp3) is 0.500. The van der Waals surface area contributed by atoms with E-state index in [-0.39, 0.29) is 0 Å². The number of ether oxygens (including phenoxy) is 1. The highest BCUT2D eigenvalue weighted by atomic mass is 79.9. The highest BCUT2D eigenvalue weighted by Gasteiger charge is 2.09. The first-order chi connectivity index (χ1) is 7.29. The molecular weight excluding hydrogens is 324 g/mol. The van der Waals surface area contributed by atoms with Gasteiger partial charge in [-0.05, 0) is 28.1 Å². The molecule has 1 aromatic rings. The molecule has 0 spiro atoms. The molecule has 0 atom stereocenters. The van der Waals surface area contributed by atoms with Crippen LogP contribution in [0.15, 0.2) is 22.8 Å². The van der Waals surface area contributed by atoms with Crippen molar-refractivity contribution in [1.29, 1.82) is 0 Å². The Hall–Kier alpha value is -0.130. The maximum atomic E-state index is 5.08. The number of pyridine rings is 1. The number of alkyl halides is 1. The van der Waals surface area contributed by atoms with E-state index in [9.17, 15) is 0 Å². The Morgan fingerprint density at radius 3 is 2.87 bits per heavy atom. The molecule has 0 saturated heterocycles. The Morgan fingerprint density at radius 1 is 1.47 bits per heavy atom. The largest absolute Gasteiger partial charge is 0.383 e. The molecule has 0 aliphatic heterocycles. The first kappa shape index (κ1) is 12.9. The highest BCUT2D eigenvalue weighted by molar-refractivity contribution is 9.10. The molecule has 0 aliphatic carbocycles. The minimum Gasteiger partial charge on any atom is -0.383 e. The van der Waals surface area contributed by atoms with Crippen LogP contribution in [0, 0.1) is 0 Å². The molecule has 0 N–H and O–H groups in total. The molecule has 0 amide bonds. The number of methoxy groups -OCH3 is 1. The second kappa shape index (κ2) is 7.19. The summed E-state index contributed by atoms with van der Waals surface area (Å²) in [6.07, 6.45) is 1.80. The quantitative estimate of drug-likeness (QED) is 0.746. The summed E-state index contributed by atoms with van der Waals surface area (Å²) in [4.78, 5) is 6.54. The third-order valence-corrected chi connectivity index (χ3v) is 2.93. The number of anilines is 1. The van der Waals surface area contributed by atoms with E-state index in [0.29, 0.717) is 6.61 Å². The van der Waals surface area contributed by atoms with Crippen LogP contribution in [0.4, 0.5) is 5.82 Å². The van der Waals surface area contributed by atoms with E-state index in [2.05, 4.69) is 41.7 Å². The Morgan fingerprint density at radius 2 is 2.27 bits per heavy atom. The van der Waals surface area contributed by atoms with Crippen molar-refractivity contribution in [3.63, 3.8) is 0 Å². The number of aromatic nitrogens is 1. The topological polar surface area (TPSA) is 25.4 Å². The van der Waals surface area contributed by atoms with Crippen LogP contribution in [0.1, 0.15) is 0 Å². The Bertz CT molecular complexity index is 297. The third kappa shape index (κ3) is 4.09. The molecule has 0 unspecified atom stereocenters. The van der Waals surface area contributed by atoms with Gasteiger partial charge in [0.1, 0.15) is 5.82 Å². The van der Waals surface area contributed by atoms with E-state index in [1.54, 1.807) is 13.3 Å². The van der Waals surface area contributed by atoms with Crippen LogP contribution in [-0.2, 0) is 4.74 Å². The lowest BCUT2D eigenvalue weighted by atomic mass is 10.4. The van der Waals surface area contributed by atoms with Gasteiger partial charge in [0.2, 0.25) is 0 Å². The summed E-state index contributed by atoms with van der Waals surface area (Å²) in [6.45, 7) is 2.46. The van der Waals surface area contributed by atoms with Gasteiger partial charge >= 0.3 is 0 Å². The van der Waals surface area contributed by atoms with E-state index in [0.717, 1.165) is 28.7 Å². The fourth-order valence-corrected chi connectivity index (χ4v) is 2.17. The van der Waals surface area contributed by atoms with Crippen molar-refractivity contribution in [2.75, 3.05) is 37.0 Å². The third-order valence-electron chi connectivity index (χ3n) is 1.96. The molecule has 0 aromatic carbocycles. The van der Waals surface area contributed by atoms with Crippen molar-refractivity contribution in [3.05, 3.63) is 22.8 Å². The van der Waals surface area contributed by atoms with E-state index < -0.39 is 0 Å². The van der Waals surface area contributed by atoms with Gasteiger partial charge < -0.3 is 9.64 Å². The van der Waals surface area contributed by atoms with Gasteiger partial charge in [-0.1, -0.05) is 15.9 Å². The Balaban J connectivity index is 2.74. The van der Waals surface area contributed by atoms with Crippen LogP contribution in [0.3, 0.4) is 0 Å². The molecule has 3 nitrogen and oxygen atoms in total. The molecule has 15 heavy (non-hydrogen) atoms. The van der Waals surface area contributed by atoms with Crippen LogP contribution >= 0.6 is 31.9 Å². The highest BCUT2D eigenvalue weighted by Crippen LogP contribution is 2.22. The maximum absolute atomic E-state index is 5.08. The normalized spacial score (nSPS) is 10.3.